The zero-order chi connectivity index (χ0) is 13.2. The Balaban J connectivity index is 2.38. The van der Waals surface area contributed by atoms with Gasteiger partial charge in [0.15, 0.2) is 0 Å². The average molecular weight is 252 g/mol. The molecule has 0 amide bonds. The molecular weight excluding hydrogens is 240 g/mol. The van der Waals surface area contributed by atoms with Gasteiger partial charge in [0.05, 0.1) is 12.5 Å². The molecule has 1 aromatic heterocycles. The molecule has 3 aromatic rings. The van der Waals surface area contributed by atoms with Gasteiger partial charge in [-0.15, -0.1) is 0 Å². The Morgan fingerprint density at radius 3 is 2.47 bits per heavy atom. The maximum Gasteiger partial charge on any atom is 0.272 e. The minimum absolute atomic E-state index is 0.186. The van der Waals surface area contributed by atoms with Crippen molar-refractivity contribution in [1.82, 2.24) is 10.2 Å². The summed E-state index contributed by atoms with van der Waals surface area (Å²) in [7, 11) is 1.62. The summed E-state index contributed by atoms with van der Waals surface area (Å²) in [5.74, 6) is 0.729. The van der Waals surface area contributed by atoms with Gasteiger partial charge in [0.2, 0.25) is 0 Å². The molecule has 0 bridgehead atoms. The van der Waals surface area contributed by atoms with Crippen molar-refractivity contribution in [2.24, 2.45) is 0 Å². The molecule has 2 aromatic carbocycles. The van der Waals surface area contributed by atoms with Gasteiger partial charge >= 0.3 is 0 Å². The van der Waals surface area contributed by atoms with E-state index in [0.717, 1.165) is 16.7 Å². The van der Waals surface area contributed by atoms with Crippen LogP contribution in [0.1, 0.15) is 0 Å². The van der Waals surface area contributed by atoms with Crippen molar-refractivity contribution in [2.45, 2.75) is 0 Å². The molecular formula is C15H12N2O2. The topological polar surface area (TPSA) is 55.0 Å². The molecule has 3 rings (SSSR count). The molecule has 0 radical (unpaired) electrons. The number of nitrogens with one attached hydrogen (secondary N) is 1. The molecule has 0 atom stereocenters. The number of fused-ring (bicyclic) bond motifs is 1. The summed E-state index contributed by atoms with van der Waals surface area (Å²) in [6.07, 6.45) is 0. The van der Waals surface area contributed by atoms with E-state index in [0.29, 0.717) is 11.1 Å². The lowest BCUT2D eigenvalue weighted by molar-refractivity contribution is 0.416. The minimum atomic E-state index is -0.186. The van der Waals surface area contributed by atoms with Crippen LogP contribution in [0.25, 0.3) is 22.0 Å². The second-order valence-electron chi connectivity index (χ2n) is 4.15. The molecule has 0 saturated heterocycles. The molecule has 94 valence electrons. The number of rotatable bonds is 2. The molecule has 0 aliphatic heterocycles. The van der Waals surface area contributed by atoms with E-state index in [1.165, 1.54) is 0 Å². The largest absolute Gasteiger partial charge is 0.496 e. The van der Waals surface area contributed by atoms with Crippen LogP contribution in [-0.4, -0.2) is 17.3 Å². The van der Waals surface area contributed by atoms with Gasteiger partial charge in [0, 0.05) is 10.9 Å². The Labute approximate surface area is 109 Å². The van der Waals surface area contributed by atoms with Crippen LogP contribution < -0.4 is 10.3 Å². The fourth-order valence-electron chi connectivity index (χ4n) is 2.16. The number of hydrogen-bond donors (Lipinski definition) is 1. The number of methoxy groups -OCH3 is 1. The third kappa shape index (κ3) is 1.87. The normalized spacial score (nSPS) is 10.6. The van der Waals surface area contributed by atoms with Crippen molar-refractivity contribution in [3.8, 4) is 17.0 Å². The van der Waals surface area contributed by atoms with Gasteiger partial charge in [-0.05, 0) is 18.2 Å². The first kappa shape index (κ1) is 11.5. The van der Waals surface area contributed by atoms with E-state index in [1.807, 2.05) is 42.5 Å². The third-order valence-corrected chi connectivity index (χ3v) is 3.06. The lowest BCUT2D eigenvalue weighted by Gasteiger charge is -2.09. The molecule has 0 aliphatic rings. The van der Waals surface area contributed by atoms with Gasteiger partial charge in [-0.3, -0.25) is 4.79 Å². The first-order valence-corrected chi connectivity index (χ1v) is 5.92. The standard InChI is InChI=1S/C15H12N2O2/c1-19-13-9-5-4-8-12(13)14-10-6-2-3-7-11(10)15(18)17-16-14/h2-9H,1H3,(H,17,18). The fraction of sp³-hybridized carbons (Fsp3) is 0.0667. The lowest BCUT2D eigenvalue weighted by Crippen LogP contribution is -2.09. The number of hydrogen-bond acceptors (Lipinski definition) is 3. The summed E-state index contributed by atoms with van der Waals surface area (Å²) in [5.41, 5.74) is 1.39. The van der Waals surface area contributed by atoms with Crippen LogP contribution in [0, 0.1) is 0 Å². The first-order chi connectivity index (χ1) is 9.31. The minimum Gasteiger partial charge on any atom is -0.496 e. The van der Waals surface area contributed by atoms with E-state index in [1.54, 1.807) is 13.2 Å². The molecule has 1 heterocycles. The third-order valence-electron chi connectivity index (χ3n) is 3.06. The molecule has 0 unspecified atom stereocenters. The molecule has 4 nitrogen and oxygen atoms in total. The highest BCUT2D eigenvalue weighted by molar-refractivity contribution is 5.94. The van der Waals surface area contributed by atoms with Gasteiger partial charge in [-0.1, -0.05) is 30.3 Å². The van der Waals surface area contributed by atoms with Crippen LogP contribution in [-0.2, 0) is 0 Å². The average Bonchev–Trinajstić information content (AvgIpc) is 2.48. The molecule has 0 aliphatic carbocycles. The summed E-state index contributed by atoms with van der Waals surface area (Å²) in [5, 5.41) is 8.14. The smallest absolute Gasteiger partial charge is 0.272 e. The van der Waals surface area contributed by atoms with E-state index in [4.69, 9.17) is 4.74 Å². The molecule has 19 heavy (non-hydrogen) atoms. The molecule has 0 saturated carbocycles. The first-order valence-electron chi connectivity index (χ1n) is 5.92. The summed E-state index contributed by atoms with van der Waals surface area (Å²) < 4.78 is 5.35. The number of aromatic amines is 1. The number of aromatic nitrogens is 2. The number of H-pyrrole nitrogens is 1. The van der Waals surface area contributed by atoms with Gasteiger partial charge in [0.25, 0.3) is 5.56 Å². The second-order valence-corrected chi connectivity index (χ2v) is 4.15. The maximum atomic E-state index is 11.8. The van der Waals surface area contributed by atoms with Crippen molar-refractivity contribution in [1.29, 1.82) is 0 Å². The predicted molar refractivity (Wildman–Crippen MR) is 74.4 cm³/mol. The van der Waals surface area contributed by atoms with E-state index in [-0.39, 0.29) is 5.56 Å². The van der Waals surface area contributed by atoms with Gasteiger partial charge in [0.1, 0.15) is 11.4 Å². The zero-order valence-corrected chi connectivity index (χ0v) is 10.4. The highest BCUT2D eigenvalue weighted by Gasteiger charge is 2.11. The quantitative estimate of drug-likeness (QED) is 0.762. The van der Waals surface area contributed by atoms with Crippen molar-refractivity contribution in [3.63, 3.8) is 0 Å². The molecule has 0 fully saturated rings. The maximum absolute atomic E-state index is 11.8. The van der Waals surface area contributed by atoms with Gasteiger partial charge < -0.3 is 4.74 Å². The van der Waals surface area contributed by atoms with Crippen LogP contribution in [0.5, 0.6) is 5.75 Å². The molecule has 4 heteroatoms. The Bertz CT molecular complexity index is 793. The number of nitrogens with zero attached hydrogens (tertiary/aromatic N) is 1. The van der Waals surface area contributed by atoms with E-state index in [2.05, 4.69) is 10.2 Å². The van der Waals surface area contributed by atoms with Crippen molar-refractivity contribution >= 4 is 10.8 Å². The van der Waals surface area contributed by atoms with Gasteiger partial charge in [-0.25, -0.2) is 5.10 Å². The van der Waals surface area contributed by atoms with Crippen LogP contribution in [0.3, 0.4) is 0 Å². The summed E-state index contributed by atoms with van der Waals surface area (Å²) in [6.45, 7) is 0. The van der Waals surface area contributed by atoms with Crippen LogP contribution in [0.15, 0.2) is 53.3 Å². The lowest BCUT2D eigenvalue weighted by atomic mass is 10.0. The zero-order valence-electron chi connectivity index (χ0n) is 10.4. The Kier molecular flexibility index (Phi) is 2.76. The Morgan fingerprint density at radius 2 is 1.68 bits per heavy atom. The summed E-state index contributed by atoms with van der Waals surface area (Å²) in [4.78, 5) is 11.8. The van der Waals surface area contributed by atoms with Crippen LogP contribution in [0.2, 0.25) is 0 Å². The van der Waals surface area contributed by atoms with E-state index < -0.39 is 0 Å². The second kappa shape index (κ2) is 4.57. The molecule has 1 N–H and O–H groups in total. The van der Waals surface area contributed by atoms with Crippen molar-refractivity contribution < 1.29 is 4.74 Å². The van der Waals surface area contributed by atoms with E-state index in [9.17, 15) is 4.79 Å². The summed E-state index contributed by atoms with van der Waals surface area (Å²) >= 11 is 0. The highest BCUT2D eigenvalue weighted by atomic mass is 16.5. The monoisotopic (exact) mass is 252 g/mol. The Hall–Kier alpha value is -2.62. The van der Waals surface area contributed by atoms with Gasteiger partial charge in [-0.2, -0.15) is 5.10 Å². The fourth-order valence-corrected chi connectivity index (χ4v) is 2.16. The van der Waals surface area contributed by atoms with Crippen LogP contribution >= 0.6 is 0 Å². The predicted octanol–water partition coefficient (Wildman–Crippen LogP) is 2.60. The van der Waals surface area contributed by atoms with E-state index >= 15 is 0 Å². The highest BCUT2D eigenvalue weighted by Crippen LogP contribution is 2.31. The van der Waals surface area contributed by atoms with Crippen molar-refractivity contribution in [3.05, 3.63) is 58.9 Å². The number of para-hydroxylation sites is 1. The number of benzene rings is 2. The van der Waals surface area contributed by atoms with Crippen LogP contribution in [0.4, 0.5) is 0 Å². The summed E-state index contributed by atoms with van der Waals surface area (Å²) in [6, 6.07) is 15.0. The molecule has 0 spiro atoms. The Morgan fingerprint density at radius 1 is 1.00 bits per heavy atom. The van der Waals surface area contributed by atoms with Crippen molar-refractivity contribution in [2.75, 3.05) is 7.11 Å². The number of ether oxygens (including phenoxy) is 1. The SMILES string of the molecule is COc1ccccc1-c1n[nH]c(=O)c2ccccc12.